The molecule has 0 aliphatic rings. The number of carboxylic acid groups (broad SMARTS) is 1. The van der Waals surface area contributed by atoms with Gasteiger partial charge in [-0.3, -0.25) is 0 Å². The summed E-state index contributed by atoms with van der Waals surface area (Å²) in [4.78, 5) is 10.6. The summed E-state index contributed by atoms with van der Waals surface area (Å²) in [6, 6.07) is 17.5. The van der Waals surface area contributed by atoms with E-state index in [1.807, 2.05) is 0 Å². The molecular formula is C21H17F2NO3. The average Bonchev–Trinajstić information content (AvgIpc) is 2.66. The molecule has 27 heavy (non-hydrogen) atoms. The number of rotatable bonds is 7. The van der Waals surface area contributed by atoms with E-state index in [9.17, 15) is 13.6 Å². The number of nitrogens with one attached hydrogen (secondary N) is 1. The van der Waals surface area contributed by atoms with Gasteiger partial charge in [-0.25, -0.2) is 13.6 Å². The van der Waals surface area contributed by atoms with Crippen molar-refractivity contribution in [2.45, 2.75) is 6.54 Å². The second-order valence-electron chi connectivity index (χ2n) is 5.88. The molecule has 0 bridgehead atoms. The van der Waals surface area contributed by atoms with E-state index in [1.165, 1.54) is 18.2 Å². The highest BCUT2D eigenvalue weighted by Crippen LogP contribution is 2.24. The first-order valence-electron chi connectivity index (χ1n) is 8.24. The molecule has 0 aliphatic heterocycles. The fraction of sp³-hybridized carbons (Fsp3) is 0.0952. The minimum atomic E-state index is -1.07. The summed E-state index contributed by atoms with van der Waals surface area (Å²) in [6.45, 7) is -0.231. The molecule has 0 amide bonds. The number of benzene rings is 3. The molecule has 0 saturated heterocycles. The van der Waals surface area contributed by atoms with Gasteiger partial charge in [-0.05, 0) is 47.5 Å². The van der Waals surface area contributed by atoms with Gasteiger partial charge >= 0.3 is 5.97 Å². The Bertz CT molecular complexity index is 960. The molecule has 0 radical (unpaired) electrons. The maximum Gasteiger partial charge on any atom is 0.341 e. The highest BCUT2D eigenvalue weighted by Gasteiger charge is 2.07. The Kier molecular flexibility index (Phi) is 5.66. The Morgan fingerprint density at radius 3 is 2.52 bits per heavy atom. The lowest BCUT2D eigenvalue weighted by Gasteiger charge is -2.11. The first kappa shape index (κ1) is 18.4. The molecule has 0 heterocycles. The van der Waals surface area contributed by atoms with Crippen molar-refractivity contribution < 1.29 is 23.4 Å². The highest BCUT2D eigenvalue weighted by atomic mass is 19.1. The third-order valence-electron chi connectivity index (χ3n) is 3.88. The van der Waals surface area contributed by atoms with Crippen LogP contribution in [-0.2, 0) is 11.3 Å². The van der Waals surface area contributed by atoms with E-state index < -0.39 is 12.6 Å². The van der Waals surface area contributed by atoms with E-state index in [4.69, 9.17) is 9.84 Å². The first-order valence-corrected chi connectivity index (χ1v) is 8.24. The summed E-state index contributed by atoms with van der Waals surface area (Å²) >= 11 is 0. The van der Waals surface area contributed by atoms with Gasteiger partial charge in [0.1, 0.15) is 17.4 Å². The average molecular weight is 369 g/mol. The molecule has 3 aromatic carbocycles. The zero-order chi connectivity index (χ0) is 19.2. The minimum Gasteiger partial charge on any atom is -0.482 e. The van der Waals surface area contributed by atoms with Crippen LogP contribution in [0.3, 0.4) is 0 Å². The van der Waals surface area contributed by atoms with Crippen molar-refractivity contribution in [3.63, 3.8) is 0 Å². The Morgan fingerprint density at radius 2 is 1.74 bits per heavy atom. The molecule has 3 aromatic rings. The molecule has 0 spiro atoms. The van der Waals surface area contributed by atoms with Crippen LogP contribution in [0.5, 0.6) is 5.75 Å². The van der Waals surface area contributed by atoms with Crippen LogP contribution in [-0.4, -0.2) is 17.7 Å². The number of carboxylic acids is 1. The van der Waals surface area contributed by atoms with Gasteiger partial charge in [0.25, 0.3) is 0 Å². The third kappa shape index (κ3) is 5.04. The molecule has 0 aliphatic carbocycles. The zero-order valence-corrected chi connectivity index (χ0v) is 14.3. The van der Waals surface area contributed by atoms with Crippen molar-refractivity contribution in [3.8, 4) is 16.9 Å². The number of halogens is 2. The highest BCUT2D eigenvalue weighted by molar-refractivity contribution is 5.68. The molecule has 4 nitrogen and oxygen atoms in total. The second-order valence-corrected chi connectivity index (χ2v) is 5.88. The van der Waals surface area contributed by atoms with E-state index in [0.29, 0.717) is 28.1 Å². The van der Waals surface area contributed by atoms with Crippen LogP contribution in [0.25, 0.3) is 11.1 Å². The standard InChI is InChI=1S/C21H17F2NO3/c22-17-4-1-3-14(10-17)15-7-8-20(23)16(9-15)12-24-18-5-2-6-19(11-18)27-13-21(25)26/h1-11,24H,12-13H2,(H,25,26). The van der Waals surface area contributed by atoms with Crippen molar-refractivity contribution in [1.29, 1.82) is 0 Å². The minimum absolute atomic E-state index is 0.206. The van der Waals surface area contributed by atoms with E-state index in [0.717, 1.165) is 0 Å². The van der Waals surface area contributed by atoms with Gasteiger partial charge in [0.2, 0.25) is 0 Å². The summed E-state index contributed by atoms with van der Waals surface area (Å²) in [5.74, 6) is -1.39. The SMILES string of the molecule is O=C(O)COc1cccc(NCc2cc(-c3cccc(F)c3)ccc2F)c1. The maximum absolute atomic E-state index is 14.2. The summed E-state index contributed by atoms with van der Waals surface area (Å²) in [5.41, 5.74) is 2.47. The Balaban J connectivity index is 1.73. The topological polar surface area (TPSA) is 58.6 Å². The van der Waals surface area contributed by atoms with E-state index in [1.54, 1.807) is 48.5 Å². The number of carbonyl (C=O) groups is 1. The lowest BCUT2D eigenvalue weighted by Crippen LogP contribution is -2.09. The summed E-state index contributed by atoms with van der Waals surface area (Å²) in [6.07, 6.45) is 0. The molecule has 0 aromatic heterocycles. The monoisotopic (exact) mass is 369 g/mol. The van der Waals surface area contributed by atoms with Gasteiger partial charge in [-0.15, -0.1) is 0 Å². The normalized spacial score (nSPS) is 10.4. The lowest BCUT2D eigenvalue weighted by atomic mass is 10.0. The lowest BCUT2D eigenvalue weighted by molar-refractivity contribution is -0.139. The molecule has 0 unspecified atom stereocenters. The summed E-state index contributed by atoms with van der Waals surface area (Å²) in [5, 5.41) is 11.7. The Hall–Kier alpha value is -3.41. The van der Waals surface area contributed by atoms with Crippen molar-refractivity contribution in [2.24, 2.45) is 0 Å². The van der Waals surface area contributed by atoms with Crippen LogP contribution in [0.4, 0.5) is 14.5 Å². The molecule has 0 atom stereocenters. The van der Waals surface area contributed by atoms with Crippen LogP contribution >= 0.6 is 0 Å². The number of aliphatic carboxylic acids is 1. The Labute approximate surface area is 155 Å². The van der Waals surface area contributed by atoms with Crippen LogP contribution < -0.4 is 10.1 Å². The van der Waals surface area contributed by atoms with Crippen LogP contribution in [0.15, 0.2) is 66.7 Å². The Morgan fingerprint density at radius 1 is 0.963 bits per heavy atom. The van der Waals surface area contributed by atoms with E-state index >= 15 is 0 Å². The van der Waals surface area contributed by atoms with Gasteiger partial charge in [-0.2, -0.15) is 0 Å². The van der Waals surface area contributed by atoms with Gasteiger partial charge < -0.3 is 15.2 Å². The number of anilines is 1. The number of ether oxygens (including phenoxy) is 1. The molecule has 2 N–H and O–H groups in total. The largest absolute Gasteiger partial charge is 0.482 e. The van der Waals surface area contributed by atoms with E-state index in [-0.39, 0.29) is 18.2 Å². The quantitative estimate of drug-likeness (QED) is 0.633. The molecule has 3 rings (SSSR count). The van der Waals surface area contributed by atoms with Crippen molar-refractivity contribution in [2.75, 3.05) is 11.9 Å². The fourth-order valence-corrected chi connectivity index (χ4v) is 2.60. The fourth-order valence-electron chi connectivity index (χ4n) is 2.60. The summed E-state index contributed by atoms with van der Waals surface area (Å²) < 4.78 is 32.7. The predicted molar refractivity (Wildman–Crippen MR) is 98.7 cm³/mol. The molecule has 6 heteroatoms. The van der Waals surface area contributed by atoms with Crippen LogP contribution in [0.2, 0.25) is 0 Å². The van der Waals surface area contributed by atoms with Crippen molar-refractivity contribution in [1.82, 2.24) is 0 Å². The van der Waals surface area contributed by atoms with Crippen molar-refractivity contribution >= 4 is 11.7 Å². The molecular weight excluding hydrogens is 352 g/mol. The number of hydrogen-bond acceptors (Lipinski definition) is 3. The molecule has 138 valence electrons. The zero-order valence-electron chi connectivity index (χ0n) is 14.3. The van der Waals surface area contributed by atoms with Crippen LogP contribution in [0.1, 0.15) is 5.56 Å². The number of hydrogen-bond donors (Lipinski definition) is 2. The van der Waals surface area contributed by atoms with Gasteiger partial charge in [0.05, 0.1) is 0 Å². The van der Waals surface area contributed by atoms with Crippen LogP contribution in [0, 0.1) is 11.6 Å². The van der Waals surface area contributed by atoms with Gasteiger partial charge in [-0.1, -0.05) is 24.3 Å². The summed E-state index contributed by atoms with van der Waals surface area (Å²) in [7, 11) is 0. The van der Waals surface area contributed by atoms with Gasteiger partial charge in [0.15, 0.2) is 6.61 Å². The molecule has 0 fully saturated rings. The second kappa shape index (κ2) is 8.31. The van der Waals surface area contributed by atoms with E-state index in [2.05, 4.69) is 5.32 Å². The predicted octanol–water partition coefficient (Wildman–Crippen LogP) is 4.71. The smallest absolute Gasteiger partial charge is 0.341 e. The molecule has 0 saturated carbocycles. The third-order valence-corrected chi connectivity index (χ3v) is 3.88. The maximum atomic E-state index is 14.2. The first-order chi connectivity index (χ1) is 13.0. The van der Waals surface area contributed by atoms with Gasteiger partial charge in [0, 0.05) is 23.9 Å². The van der Waals surface area contributed by atoms with Crippen molar-refractivity contribution in [3.05, 3.63) is 83.9 Å².